The molecule has 0 saturated heterocycles. The van der Waals surface area contributed by atoms with Crippen LogP contribution >= 0.6 is 0 Å². The molecule has 2 aromatic rings. The van der Waals surface area contributed by atoms with Crippen LogP contribution in [-0.4, -0.2) is 34.9 Å². The Balaban J connectivity index is 2.06. The van der Waals surface area contributed by atoms with E-state index in [2.05, 4.69) is 0 Å². The van der Waals surface area contributed by atoms with Gasteiger partial charge in [0.15, 0.2) is 0 Å². The summed E-state index contributed by atoms with van der Waals surface area (Å²) in [6.45, 7) is 6.76. The highest BCUT2D eigenvalue weighted by Gasteiger charge is 2.51. The largest absolute Gasteiger partial charge is 0.507 e. The predicted molar refractivity (Wildman–Crippen MR) is 105 cm³/mol. The number of nitrogens with zero attached hydrogens (tertiary/aromatic N) is 1. The van der Waals surface area contributed by atoms with Gasteiger partial charge in [-0.25, -0.2) is 9.59 Å². The first kappa shape index (κ1) is 20.7. The van der Waals surface area contributed by atoms with Crippen molar-refractivity contribution in [2.24, 2.45) is 0 Å². The van der Waals surface area contributed by atoms with Crippen molar-refractivity contribution in [1.29, 1.82) is 0 Å². The van der Waals surface area contributed by atoms with E-state index in [0.29, 0.717) is 28.9 Å². The Bertz CT molecular complexity index is 1160. The SMILES string of the molecule is Cc1c(C)c2c(c(C)c1O)CCC(C)(C(=O)[N+](C(=O)c1ccccc1)=S(=O)=O)O2. The number of hydrogen-bond acceptors (Lipinski definition) is 6. The smallest absolute Gasteiger partial charge is 0.476 e. The molecule has 3 rings (SSSR count). The number of imide groups is 1. The zero-order chi connectivity index (χ0) is 21.5. The molecule has 1 unspecified atom stereocenters. The van der Waals surface area contributed by atoms with Gasteiger partial charge in [0.1, 0.15) is 11.5 Å². The molecule has 0 saturated carbocycles. The zero-order valence-electron chi connectivity index (χ0n) is 16.6. The molecule has 1 aliphatic heterocycles. The van der Waals surface area contributed by atoms with Gasteiger partial charge >= 0.3 is 22.3 Å². The lowest BCUT2D eigenvalue weighted by Crippen LogP contribution is -2.51. The first-order valence-electron chi connectivity index (χ1n) is 9.12. The normalized spacial score (nSPS) is 17.8. The molecule has 1 aliphatic rings. The number of phenolic OH excluding ortho intramolecular Hbond substituents is 1. The number of carbonyl (C=O) groups excluding carboxylic acids is 2. The second-order valence-electron chi connectivity index (χ2n) is 7.35. The number of carbonyl (C=O) groups is 2. The van der Waals surface area contributed by atoms with Gasteiger partial charge in [0.2, 0.25) is 5.60 Å². The first-order valence-corrected chi connectivity index (χ1v) is 10.2. The van der Waals surface area contributed by atoms with Gasteiger partial charge in [-0.3, -0.25) is 0 Å². The van der Waals surface area contributed by atoms with Gasteiger partial charge in [-0.15, -0.1) is 8.42 Å². The number of benzene rings is 2. The number of phenols is 1. The van der Waals surface area contributed by atoms with Crippen LogP contribution in [0.5, 0.6) is 11.5 Å². The molecule has 8 heteroatoms. The number of amides is 2. The lowest BCUT2D eigenvalue weighted by molar-refractivity contribution is -0.353. The van der Waals surface area contributed by atoms with E-state index in [-0.39, 0.29) is 21.7 Å². The summed E-state index contributed by atoms with van der Waals surface area (Å²) in [5.74, 6) is -1.26. The Morgan fingerprint density at radius 2 is 1.69 bits per heavy atom. The van der Waals surface area contributed by atoms with Crippen molar-refractivity contribution in [3.05, 3.63) is 58.1 Å². The van der Waals surface area contributed by atoms with Crippen molar-refractivity contribution in [1.82, 2.24) is 0 Å². The van der Waals surface area contributed by atoms with Crippen molar-refractivity contribution in [3.63, 3.8) is 0 Å². The second kappa shape index (κ2) is 7.44. The van der Waals surface area contributed by atoms with Crippen molar-refractivity contribution >= 4 is 22.3 Å². The van der Waals surface area contributed by atoms with E-state index >= 15 is 0 Å². The molecular weight excluding hydrogens is 394 g/mol. The highest BCUT2D eigenvalue weighted by molar-refractivity contribution is 7.59. The second-order valence-corrected chi connectivity index (χ2v) is 8.15. The van der Waals surface area contributed by atoms with Gasteiger partial charge in [0.25, 0.3) is 0 Å². The summed E-state index contributed by atoms with van der Waals surface area (Å²) in [4.78, 5) is 25.9. The highest BCUT2D eigenvalue weighted by Crippen LogP contribution is 2.43. The molecule has 29 heavy (non-hydrogen) atoms. The molecule has 2 aromatic carbocycles. The Labute approximate surface area is 170 Å². The standard InChI is InChI=1S/C21H21NO6S/c1-12-13(2)18-16(14(3)17(12)23)10-11-21(4,28-18)20(25)22(29(26)27)19(24)15-8-6-5-7-9-15/h5-9H,10-11H2,1-4H3/p+1. The molecule has 152 valence electrons. The fourth-order valence-electron chi connectivity index (χ4n) is 3.54. The topological polar surface area (TPSA) is 101 Å². The maximum absolute atomic E-state index is 13.2. The molecule has 0 aromatic heterocycles. The van der Waals surface area contributed by atoms with E-state index in [1.807, 2.05) is 0 Å². The molecular formula is C21H22NO6S+. The number of aromatic hydroxyl groups is 1. The summed E-state index contributed by atoms with van der Waals surface area (Å²) >= 11 is 0. The van der Waals surface area contributed by atoms with Gasteiger partial charge in [0, 0.05) is 15.9 Å². The summed E-state index contributed by atoms with van der Waals surface area (Å²) in [6, 6.07) is 7.73. The quantitative estimate of drug-likeness (QED) is 0.597. The van der Waals surface area contributed by atoms with E-state index in [1.165, 1.54) is 19.1 Å². The highest BCUT2D eigenvalue weighted by atomic mass is 32.2. The van der Waals surface area contributed by atoms with E-state index in [4.69, 9.17) is 4.74 Å². The zero-order valence-corrected chi connectivity index (χ0v) is 17.5. The Morgan fingerprint density at radius 1 is 1.07 bits per heavy atom. The molecule has 7 nitrogen and oxygen atoms in total. The average molecular weight is 416 g/mol. The van der Waals surface area contributed by atoms with Gasteiger partial charge in [-0.2, -0.15) is 0 Å². The first-order chi connectivity index (χ1) is 13.6. The van der Waals surface area contributed by atoms with Gasteiger partial charge in [0.05, 0.1) is 5.56 Å². The van der Waals surface area contributed by atoms with Gasteiger partial charge < -0.3 is 9.84 Å². The maximum Gasteiger partial charge on any atom is 0.476 e. The van der Waals surface area contributed by atoms with Crippen LogP contribution in [0.1, 0.15) is 46.0 Å². The third-order valence-electron chi connectivity index (χ3n) is 5.51. The predicted octanol–water partition coefficient (Wildman–Crippen LogP) is 2.84. The van der Waals surface area contributed by atoms with E-state index in [1.54, 1.807) is 39.0 Å². The molecule has 0 spiro atoms. The number of fused-ring (bicyclic) bond motifs is 1. The molecule has 1 atom stereocenters. The third kappa shape index (κ3) is 3.44. The number of hydrogen-bond donors (Lipinski definition) is 1. The Kier molecular flexibility index (Phi) is 5.32. The minimum absolute atomic E-state index is 0.0812. The summed E-state index contributed by atoms with van der Waals surface area (Å²) in [7, 11) is -3.10. The van der Waals surface area contributed by atoms with Crippen LogP contribution < -0.4 is 4.74 Å². The maximum atomic E-state index is 13.2. The van der Waals surface area contributed by atoms with Crippen LogP contribution in [0.2, 0.25) is 0 Å². The Morgan fingerprint density at radius 3 is 2.28 bits per heavy atom. The number of rotatable bonds is 2. The van der Waals surface area contributed by atoms with Crippen molar-refractivity contribution in [2.75, 3.05) is 0 Å². The molecule has 1 heterocycles. The fraction of sp³-hybridized carbons (Fsp3) is 0.333. The van der Waals surface area contributed by atoms with Crippen LogP contribution in [0, 0.1) is 20.8 Å². The molecule has 1 N–H and O–H groups in total. The van der Waals surface area contributed by atoms with Gasteiger partial charge in [-0.1, -0.05) is 18.2 Å². The summed E-state index contributed by atoms with van der Waals surface area (Å²) in [5.41, 5.74) is 1.28. The van der Waals surface area contributed by atoms with Crippen LogP contribution in [0.15, 0.2) is 30.3 Å². The minimum atomic E-state index is -3.10. The molecule has 0 aliphatic carbocycles. The molecule has 0 radical (unpaired) electrons. The lowest BCUT2D eigenvalue weighted by Gasteiger charge is -2.33. The van der Waals surface area contributed by atoms with Crippen molar-refractivity contribution < 1.29 is 31.8 Å². The molecule has 0 bridgehead atoms. The minimum Gasteiger partial charge on any atom is -0.507 e. The molecule has 2 amide bonds. The van der Waals surface area contributed by atoms with Crippen LogP contribution in [0.25, 0.3) is 0 Å². The van der Waals surface area contributed by atoms with E-state index in [9.17, 15) is 23.1 Å². The fourth-order valence-corrected chi connectivity index (χ4v) is 4.11. The van der Waals surface area contributed by atoms with Crippen LogP contribution in [-0.2, 0) is 21.7 Å². The van der Waals surface area contributed by atoms with Crippen LogP contribution in [0.4, 0.5) is 0 Å². The van der Waals surface area contributed by atoms with E-state index < -0.39 is 27.9 Å². The van der Waals surface area contributed by atoms with Crippen LogP contribution in [0.3, 0.4) is 0 Å². The Hall–Kier alpha value is -3.00. The van der Waals surface area contributed by atoms with Crippen molar-refractivity contribution in [3.8, 4) is 11.5 Å². The number of ether oxygens (including phenoxy) is 1. The summed E-state index contributed by atoms with van der Waals surface area (Å²) < 4.78 is 29.8. The molecule has 0 fully saturated rings. The van der Waals surface area contributed by atoms with E-state index in [0.717, 1.165) is 5.56 Å². The summed E-state index contributed by atoms with van der Waals surface area (Å²) in [5, 5.41) is 10.3. The monoisotopic (exact) mass is 416 g/mol. The van der Waals surface area contributed by atoms with Crippen molar-refractivity contribution in [2.45, 2.75) is 46.1 Å². The lowest BCUT2D eigenvalue weighted by atomic mass is 9.86. The summed E-state index contributed by atoms with van der Waals surface area (Å²) in [6.07, 6.45) is 0.564. The third-order valence-corrected chi connectivity index (χ3v) is 6.14. The average Bonchev–Trinajstić information content (AvgIpc) is 2.71. The van der Waals surface area contributed by atoms with Gasteiger partial charge in [-0.05, 0) is 62.9 Å².